The van der Waals surface area contributed by atoms with Crippen LogP contribution < -0.4 is 15.4 Å². The molecule has 10 heteroatoms. The van der Waals surface area contributed by atoms with Crippen molar-refractivity contribution in [2.24, 2.45) is 17.8 Å². The fourth-order valence-corrected chi connectivity index (χ4v) is 4.24. The summed E-state index contributed by atoms with van der Waals surface area (Å²) in [6, 6.07) is 4.00. The predicted octanol–water partition coefficient (Wildman–Crippen LogP) is 1.99. The van der Waals surface area contributed by atoms with Crippen molar-refractivity contribution in [3.63, 3.8) is 0 Å². The van der Waals surface area contributed by atoms with Crippen LogP contribution in [0.2, 0.25) is 0 Å². The van der Waals surface area contributed by atoms with Gasteiger partial charge in [-0.15, -0.1) is 13.2 Å². The van der Waals surface area contributed by atoms with E-state index in [0.717, 1.165) is 12.1 Å². The van der Waals surface area contributed by atoms with E-state index in [1.165, 1.54) is 12.1 Å². The standard InChI is InChI=1S/C18H19F3N2O5/c1-8(2)7-17(16(26)27)12-11(14(24)22-15(12)25)13(23-17)9-4-3-5-10(6-9)28-18(19,20)21/h3-6,8,11-13,23H,7H2,1-2H3,(H,26,27)(H,22,24,25). The van der Waals surface area contributed by atoms with Gasteiger partial charge in [0.15, 0.2) is 0 Å². The number of hydrogen-bond acceptors (Lipinski definition) is 5. The van der Waals surface area contributed by atoms with Crippen molar-refractivity contribution in [2.45, 2.75) is 38.2 Å². The molecule has 2 fully saturated rings. The van der Waals surface area contributed by atoms with Gasteiger partial charge in [-0.3, -0.25) is 25.0 Å². The van der Waals surface area contributed by atoms with Crippen LogP contribution in [0.1, 0.15) is 31.9 Å². The second kappa shape index (κ2) is 6.77. The zero-order valence-electron chi connectivity index (χ0n) is 15.0. The highest BCUT2D eigenvalue weighted by Crippen LogP contribution is 2.49. The maximum absolute atomic E-state index is 12.5. The average molecular weight is 400 g/mol. The third-order valence-electron chi connectivity index (χ3n) is 5.06. The molecule has 0 saturated carbocycles. The molecule has 3 N–H and O–H groups in total. The average Bonchev–Trinajstić information content (AvgIpc) is 3.03. The smallest absolute Gasteiger partial charge is 0.480 e. The van der Waals surface area contributed by atoms with E-state index < -0.39 is 53.3 Å². The van der Waals surface area contributed by atoms with E-state index >= 15 is 0 Å². The maximum atomic E-state index is 12.5. The van der Waals surface area contributed by atoms with E-state index in [9.17, 15) is 32.7 Å². The fourth-order valence-electron chi connectivity index (χ4n) is 4.24. The van der Waals surface area contributed by atoms with Crippen LogP contribution in [0, 0.1) is 17.8 Å². The molecule has 4 unspecified atom stereocenters. The van der Waals surface area contributed by atoms with Gasteiger partial charge >= 0.3 is 12.3 Å². The zero-order chi connectivity index (χ0) is 20.9. The van der Waals surface area contributed by atoms with Crippen molar-refractivity contribution >= 4 is 17.8 Å². The summed E-state index contributed by atoms with van der Waals surface area (Å²) >= 11 is 0. The Labute approximate surface area is 158 Å². The summed E-state index contributed by atoms with van der Waals surface area (Å²) in [6.07, 6.45) is -4.83. The minimum atomic E-state index is -4.90. The van der Waals surface area contributed by atoms with E-state index in [4.69, 9.17) is 0 Å². The second-order valence-corrected chi connectivity index (χ2v) is 7.47. The van der Waals surface area contributed by atoms with Gasteiger partial charge in [0.25, 0.3) is 0 Å². The van der Waals surface area contributed by atoms with E-state index in [-0.39, 0.29) is 17.9 Å². The number of benzene rings is 1. The second-order valence-electron chi connectivity index (χ2n) is 7.47. The Bertz CT molecular complexity index is 826. The van der Waals surface area contributed by atoms with Crippen LogP contribution in [-0.2, 0) is 14.4 Å². The molecule has 2 aliphatic rings. The summed E-state index contributed by atoms with van der Waals surface area (Å²) in [7, 11) is 0. The number of aliphatic carboxylic acids is 1. The molecule has 1 aromatic carbocycles. The molecule has 2 saturated heterocycles. The normalized spacial score (nSPS) is 29.7. The summed E-state index contributed by atoms with van der Waals surface area (Å²) in [5.41, 5.74) is -1.48. The van der Waals surface area contributed by atoms with Crippen molar-refractivity contribution < 1.29 is 37.4 Å². The number of carboxylic acids is 1. The van der Waals surface area contributed by atoms with E-state index in [0.29, 0.717) is 0 Å². The first-order chi connectivity index (χ1) is 12.9. The molecule has 0 radical (unpaired) electrons. The number of hydrogen-bond donors (Lipinski definition) is 3. The van der Waals surface area contributed by atoms with Crippen molar-refractivity contribution in [3.05, 3.63) is 29.8 Å². The van der Waals surface area contributed by atoms with Crippen molar-refractivity contribution in [2.75, 3.05) is 0 Å². The molecular weight excluding hydrogens is 381 g/mol. The van der Waals surface area contributed by atoms with Crippen LogP contribution in [-0.4, -0.2) is 34.8 Å². The van der Waals surface area contributed by atoms with Gasteiger partial charge < -0.3 is 9.84 Å². The molecule has 2 amide bonds. The number of nitrogens with one attached hydrogen (secondary N) is 2. The molecule has 0 spiro atoms. The number of ether oxygens (including phenoxy) is 1. The SMILES string of the molecule is CC(C)CC1(C(=O)O)NC(c2cccc(OC(F)(F)F)c2)C2C(=O)NC(=O)C21. The molecule has 4 atom stereocenters. The Hall–Kier alpha value is -2.62. The first-order valence-corrected chi connectivity index (χ1v) is 8.66. The maximum Gasteiger partial charge on any atom is 0.573 e. The third kappa shape index (κ3) is 3.44. The summed E-state index contributed by atoms with van der Waals surface area (Å²) in [4.78, 5) is 36.9. The largest absolute Gasteiger partial charge is 0.573 e. The minimum absolute atomic E-state index is 0.0689. The molecule has 0 aliphatic carbocycles. The van der Waals surface area contributed by atoms with Gasteiger partial charge in [0.2, 0.25) is 11.8 Å². The van der Waals surface area contributed by atoms with Crippen LogP contribution in [0.25, 0.3) is 0 Å². The zero-order valence-corrected chi connectivity index (χ0v) is 15.0. The molecule has 2 aliphatic heterocycles. The first kappa shape index (κ1) is 20.1. The number of carboxylic acid groups (broad SMARTS) is 1. The number of halogens is 3. The van der Waals surface area contributed by atoms with Gasteiger partial charge in [-0.1, -0.05) is 26.0 Å². The lowest BCUT2D eigenvalue weighted by atomic mass is 9.75. The number of fused-ring (bicyclic) bond motifs is 1. The van der Waals surface area contributed by atoms with Crippen LogP contribution in [0.3, 0.4) is 0 Å². The van der Waals surface area contributed by atoms with Crippen molar-refractivity contribution in [3.8, 4) is 5.75 Å². The predicted molar refractivity (Wildman–Crippen MR) is 89.0 cm³/mol. The summed E-state index contributed by atoms with van der Waals surface area (Å²) in [5, 5.41) is 15.0. The number of imide groups is 1. The summed E-state index contributed by atoms with van der Waals surface area (Å²) in [5.74, 6) is -5.47. The molecule has 0 bridgehead atoms. The Morgan fingerprint density at radius 3 is 2.54 bits per heavy atom. The lowest BCUT2D eigenvalue weighted by molar-refractivity contribution is -0.274. The molecule has 1 aromatic rings. The molecule has 3 rings (SSSR count). The number of amides is 2. The molecular formula is C18H19F3N2O5. The Morgan fingerprint density at radius 2 is 1.96 bits per heavy atom. The summed E-state index contributed by atoms with van der Waals surface area (Å²) < 4.78 is 41.5. The van der Waals surface area contributed by atoms with Gasteiger partial charge in [-0.25, -0.2) is 0 Å². The molecule has 0 aromatic heterocycles. The molecule has 28 heavy (non-hydrogen) atoms. The Kier molecular flexibility index (Phi) is 4.86. The van der Waals surface area contributed by atoms with Crippen molar-refractivity contribution in [1.29, 1.82) is 0 Å². The number of alkyl halides is 3. The van der Waals surface area contributed by atoms with Gasteiger partial charge in [0.1, 0.15) is 11.3 Å². The van der Waals surface area contributed by atoms with Crippen LogP contribution in [0.15, 0.2) is 24.3 Å². The monoisotopic (exact) mass is 400 g/mol. The van der Waals surface area contributed by atoms with E-state index in [1.807, 2.05) is 0 Å². The highest BCUT2D eigenvalue weighted by molar-refractivity contribution is 6.09. The number of carbonyl (C=O) groups is 3. The molecule has 152 valence electrons. The van der Waals surface area contributed by atoms with Gasteiger partial charge in [0, 0.05) is 6.04 Å². The third-order valence-corrected chi connectivity index (χ3v) is 5.06. The van der Waals surface area contributed by atoms with Gasteiger partial charge in [0.05, 0.1) is 11.8 Å². The highest BCUT2D eigenvalue weighted by Gasteiger charge is 2.66. The highest BCUT2D eigenvalue weighted by atomic mass is 19.4. The Balaban J connectivity index is 2.05. The van der Waals surface area contributed by atoms with Gasteiger partial charge in [-0.2, -0.15) is 0 Å². The van der Waals surface area contributed by atoms with E-state index in [2.05, 4.69) is 15.4 Å². The van der Waals surface area contributed by atoms with Gasteiger partial charge in [-0.05, 0) is 30.0 Å². The number of carbonyl (C=O) groups excluding carboxylic acids is 2. The minimum Gasteiger partial charge on any atom is -0.480 e. The first-order valence-electron chi connectivity index (χ1n) is 8.66. The molecule has 2 heterocycles. The molecule has 7 nitrogen and oxygen atoms in total. The lowest BCUT2D eigenvalue weighted by Gasteiger charge is -2.31. The Morgan fingerprint density at radius 1 is 1.29 bits per heavy atom. The summed E-state index contributed by atoms with van der Waals surface area (Å²) in [6.45, 7) is 3.56. The van der Waals surface area contributed by atoms with E-state index in [1.54, 1.807) is 13.8 Å². The number of rotatable bonds is 5. The van der Waals surface area contributed by atoms with Crippen molar-refractivity contribution in [1.82, 2.24) is 10.6 Å². The van der Waals surface area contributed by atoms with Crippen LogP contribution >= 0.6 is 0 Å². The van der Waals surface area contributed by atoms with Crippen LogP contribution in [0.5, 0.6) is 5.75 Å². The fraction of sp³-hybridized carbons (Fsp3) is 0.500. The lowest BCUT2D eigenvalue weighted by Crippen LogP contribution is -2.56. The topological polar surface area (TPSA) is 105 Å². The van der Waals surface area contributed by atoms with Crippen LogP contribution in [0.4, 0.5) is 13.2 Å². The quantitative estimate of drug-likeness (QED) is 0.653.